The molecule has 0 aromatic carbocycles. The highest BCUT2D eigenvalue weighted by Gasteiger charge is 2.27. The molecule has 0 aromatic rings. The minimum Gasteiger partial charge on any atom is -0.469 e. The van der Waals surface area contributed by atoms with Crippen molar-refractivity contribution in [3.63, 3.8) is 0 Å². The van der Waals surface area contributed by atoms with E-state index >= 15 is 0 Å². The van der Waals surface area contributed by atoms with Crippen molar-refractivity contribution in [1.82, 2.24) is 10.2 Å². The summed E-state index contributed by atoms with van der Waals surface area (Å²) in [6.07, 6.45) is 1.76. The Hall–Kier alpha value is -1.14. The summed E-state index contributed by atoms with van der Waals surface area (Å²) in [7, 11) is 3.01. The summed E-state index contributed by atoms with van der Waals surface area (Å²) in [5, 5.41) is 2.86. The first-order valence-corrected chi connectivity index (χ1v) is 6.65. The predicted molar refractivity (Wildman–Crippen MR) is 70.7 cm³/mol. The zero-order valence-corrected chi connectivity index (χ0v) is 12.0. The van der Waals surface area contributed by atoms with Gasteiger partial charge in [0.05, 0.1) is 26.2 Å². The molecule has 1 fully saturated rings. The Labute approximate surface area is 114 Å². The predicted octanol–water partition coefficient (Wildman–Crippen LogP) is 0.0225. The molecule has 6 nitrogen and oxygen atoms in total. The van der Waals surface area contributed by atoms with Gasteiger partial charge in [-0.15, -0.1) is 0 Å². The highest BCUT2D eigenvalue weighted by Crippen LogP contribution is 2.17. The van der Waals surface area contributed by atoms with Gasteiger partial charge in [-0.05, 0) is 26.3 Å². The molecule has 1 aliphatic heterocycles. The molecule has 0 bridgehead atoms. The Morgan fingerprint density at radius 2 is 2.16 bits per heavy atom. The molecule has 1 aliphatic rings. The van der Waals surface area contributed by atoms with Crippen LogP contribution < -0.4 is 5.32 Å². The van der Waals surface area contributed by atoms with E-state index in [0.29, 0.717) is 19.7 Å². The van der Waals surface area contributed by atoms with Crippen LogP contribution in [-0.2, 0) is 19.1 Å². The van der Waals surface area contributed by atoms with Crippen LogP contribution in [0.3, 0.4) is 0 Å². The van der Waals surface area contributed by atoms with Crippen molar-refractivity contribution in [1.29, 1.82) is 0 Å². The monoisotopic (exact) mass is 272 g/mol. The molecular formula is C13H24N2O4. The van der Waals surface area contributed by atoms with Crippen molar-refractivity contribution in [2.45, 2.75) is 25.8 Å². The Morgan fingerprint density at radius 1 is 1.42 bits per heavy atom. The molecule has 1 rings (SSSR count). The Kier molecular flexibility index (Phi) is 6.80. The van der Waals surface area contributed by atoms with Crippen molar-refractivity contribution in [3.05, 3.63) is 0 Å². The van der Waals surface area contributed by atoms with Gasteiger partial charge in [0.25, 0.3) is 0 Å². The molecule has 1 N–H and O–H groups in total. The standard InChI is InChI=1S/C13H24N2O4/c1-10(9-18-2)14-12(16)8-15-6-4-5-11(7-15)13(17)19-3/h10-11H,4-9H2,1-3H3,(H,14,16). The number of piperidine rings is 1. The first-order chi connectivity index (χ1) is 9.06. The van der Waals surface area contributed by atoms with Crippen molar-refractivity contribution >= 4 is 11.9 Å². The van der Waals surface area contributed by atoms with E-state index in [9.17, 15) is 9.59 Å². The summed E-state index contributed by atoms with van der Waals surface area (Å²) in [6, 6.07) is -0.00121. The van der Waals surface area contributed by atoms with Crippen LogP contribution >= 0.6 is 0 Å². The molecular weight excluding hydrogens is 248 g/mol. The smallest absolute Gasteiger partial charge is 0.309 e. The van der Waals surface area contributed by atoms with E-state index in [1.807, 2.05) is 11.8 Å². The van der Waals surface area contributed by atoms with Crippen LogP contribution in [0.2, 0.25) is 0 Å². The molecule has 1 amide bonds. The number of methoxy groups -OCH3 is 2. The van der Waals surface area contributed by atoms with E-state index < -0.39 is 0 Å². The molecule has 2 unspecified atom stereocenters. The third-order valence-electron chi connectivity index (χ3n) is 3.23. The highest BCUT2D eigenvalue weighted by atomic mass is 16.5. The minimum absolute atomic E-state index is 0.00121. The number of ether oxygens (including phenoxy) is 2. The summed E-state index contributed by atoms with van der Waals surface area (Å²) in [4.78, 5) is 25.3. The summed E-state index contributed by atoms with van der Waals surface area (Å²) < 4.78 is 9.72. The zero-order valence-electron chi connectivity index (χ0n) is 12.0. The Balaban J connectivity index is 2.35. The molecule has 0 spiro atoms. The van der Waals surface area contributed by atoms with Crippen LogP contribution in [0.5, 0.6) is 0 Å². The van der Waals surface area contributed by atoms with Gasteiger partial charge in [-0.25, -0.2) is 0 Å². The number of carbonyl (C=O) groups excluding carboxylic acids is 2. The maximum absolute atomic E-state index is 11.8. The fourth-order valence-electron chi connectivity index (χ4n) is 2.37. The second-order valence-corrected chi connectivity index (χ2v) is 5.02. The lowest BCUT2D eigenvalue weighted by atomic mass is 9.98. The maximum Gasteiger partial charge on any atom is 0.309 e. The first kappa shape index (κ1) is 15.9. The Bertz CT molecular complexity index is 309. The van der Waals surface area contributed by atoms with Gasteiger partial charge in [0.15, 0.2) is 0 Å². The SMILES string of the molecule is COCC(C)NC(=O)CN1CCCC(C(=O)OC)C1. The van der Waals surface area contributed by atoms with Crippen molar-refractivity contribution < 1.29 is 19.1 Å². The van der Waals surface area contributed by atoms with Crippen LogP contribution in [0.25, 0.3) is 0 Å². The van der Waals surface area contributed by atoms with E-state index in [2.05, 4.69) is 5.32 Å². The number of carbonyl (C=O) groups is 2. The lowest BCUT2D eigenvalue weighted by Crippen LogP contribution is -2.46. The van der Waals surface area contributed by atoms with Crippen LogP contribution in [0.4, 0.5) is 0 Å². The van der Waals surface area contributed by atoms with Gasteiger partial charge in [-0.2, -0.15) is 0 Å². The van der Waals surface area contributed by atoms with E-state index in [4.69, 9.17) is 9.47 Å². The minimum atomic E-state index is -0.183. The average Bonchev–Trinajstić information content (AvgIpc) is 2.38. The molecule has 2 atom stereocenters. The third-order valence-corrected chi connectivity index (χ3v) is 3.23. The number of nitrogens with zero attached hydrogens (tertiary/aromatic N) is 1. The van der Waals surface area contributed by atoms with Crippen molar-refractivity contribution in [3.8, 4) is 0 Å². The molecule has 0 radical (unpaired) electrons. The molecule has 110 valence electrons. The summed E-state index contributed by atoms with van der Waals surface area (Å²) in [6.45, 7) is 4.16. The molecule has 1 heterocycles. The summed E-state index contributed by atoms with van der Waals surface area (Å²) in [5.74, 6) is -0.323. The molecule has 1 saturated heterocycles. The number of nitrogens with one attached hydrogen (secondary N) is 1. The van der Waals surface area contributed by atoms with Gasteiger partial charge in [0.1, 0.15) is 0 Å². The van der Waals surface area contributed by atoms with E-state index in [-0.39, 0.29) is 23.8 Å². The van der Waals surface area contributed by atoms with Gasteiger partial charge >= 0.3 is 5.97 Å². The quantitative estimate of drug-likeness (QED) is 0.691. The zero-order chi connectivity index (χ0) is 14.3. The number of hydrogen-bond acceptors (Lipinski definition) is 5. The number of likely N-dealkylation sites (tertiary alicyclic amines) is 1. The second kappa shape index (κ2) is 8.12. The van der Waals surface area contributed by atoms with Crippen molar-refractivity contribution in [2.75, 3.05) is 40.5 Å². The summed E-state index contributed by atoms with van der Waals surface area (Å²) in [5.41, 5.74) is 0. The fourth-order valence-corrected chi connectivity index (χ4v) is 2.37. The topological polar surface area (TPSA) is 67.9 Å². The van der Waals surface area contributed by atoms with Gasteiger partial charge in [-0.3, -0.25) is 14.5 Å². The Morgan fingerprint density at radius 3 is 2.79 bits per heavy atom. The van der Waals surface area contributed by atoms with Gasteiger partial charge < -0.3 is 14.8 Å². The van der Waals surface area contributed by atoms with Crippen LogP contribution in [0.1, 0.15) is 19.8 Å². The van der Waals surface area contributed by atoms with E-state index in [0.717, 1.165) is 19.4 Å². The maximum atomic E-state index is 11.8. The second-order valence-electron chi connectivity index (χ2n) is 5.02. The number of rotatable bonds is 6. The molecule has 6 heteroatoms. The van der Waals surface area contributed by atoms with E-state index in [1.54, 1.807) is 7.11 Å². The fraction of sp³-hybridized carbons (Fsp3) is 0.846. The summed E-state index contributed by atoms with van der Waals surface area (Å²) >= 11 is 0. The first-order valence-electron chi connectivity index (χ1n) is 6.65. The number of amides is 1. The molecule has 19 heavy (non-hydrogen) atoms. The number of hydrogen-bond donors (Lipinski definition) is 1. The highest BCUT2D eigenvalue weighted by molar-refractivity contribution is 5.78. The van der Waals surface area contributed by atoms with Crippen molar-refractivity contribution in [2.24, 2.45) is 5.92 Å². The lowest BCUT2D eigenvalue weighted by molar-refractivity contribution is -0.147. The van der Waals surface area contributed by atoms with Gasteiger partial charge in [0, 0.05) is 19.7 Å². The van der Waals surface area contributed by atoms with Crippen LogP contribution in [0.15, 0.2) is 0 Å². The lowest BCUT2D eigenvalue weighted by Gasteiger charge is -2.30. The van der Waals surface area contributed by atoms with Crippen LogP contribution in [-0.4, -0.2) is 63.3 Å². The van der Waals surface area contributed by atoms with Gasteiger partial charge in [0.2, 0.25) is 5.91 Å². The molecule has 0 aromatic heterocycles. The molecule has 0 saturated carbocycles. The molecule has 0 aliphatic carbocycles. The van der Waals surface area contributed by atoms with E-state index in [1.165, 1.54) is 7.11 Å². The normalized spacial score (nSPS) is 21.7. The van der Waals surface area contributed by atoms with Crippen LogP contribution in [0, 0.1) is 5.92 Å². The average molecular weight is 272 g/mol. The largest absolute Gasteiger partial charge is 0.469 e. The third kappa shape index (κ3) is 5.57. The number of esters is 1. The van der Waals surface area contributed by atoms with Gasteiger partial charge in [-0.1, -0.05) is 0 Å².